The molecular weight excluding hydrogens is 213 g/mol. The number of hydrogen-bond acceptors (Lipinski definition) is 4. The quantitative estimate of drug-likeness (QED) is 0.374. The lowest BCUT2D eigenvalue weighted by atomic mass is 10.5. The second-order valence-electron chi connectivity index (χ2n) is 2.26. The van der Waals surface area contributed by atoms with Gasteiger partial charge in [-0.3, -0.25) is 4.18 Å². The molecule has 80 valence electrons. The van der Waals surface area contributed by atoms with Crippen molar-refractivity contribution >= 4 is 10.4 Å². The Balaban J connectivity index is 0.000000255. The minimum Gasteiger partial charge on any atom is -0.726 e. The van der Waals surface area contributed by atoms with Crippen molar-refractivity contribution in [2.24, 2.45) is 7.05 Å². The Kier molecular flexibility index (Phi) is 5.21. The first-order valence-corrected chi connectivity index (χ1v) is 4.80. The van der Waals surface area contributed by atoms with E-state index in [0.29, 0.717) is 0 Å². The van der Waals surface area contributed by atoms with Gasteiger partial charge in [-0.2, -0.15) is 0 Å². The molecule has 0 atom stereocenters. The maximum atomic E-state index is 12.1. The van der Waals surface area contributed by atoms with Crippen LogP contribution < -0.4 is 4.57 Å². The fraction of sp³-hybridized carbons (Fsp3) is 0.286. The molecule has 5 nitrogen and oxygen atoms in total. The molecule has 14 heavy (non-hydrogen) atoms. The van der Waals surface area contributed by atoms with E-state index in [1.165, 1.54) is 12.3 Å². The van der Waals surface area contributed by atoms with E-state index in [1.54, 1.807) is 23.9 Å². The molecule has 0 aliphatic heterocycles. The summed E-state index contributed by atoms with van der Waals surface area (Å²) in [5.41, 5.74) is 0. The van der Waals surface area contributed by atoms with Gasteiger partial charge in [-0.25, -0.2) is 17.4 Å². The summed E-state index contributed by atoms with van der Waals surface area (Å²) >= 11 is 0. The van der Waals surface area contributed by atoms with Crippen LogP contribution in [0.25, 0.3) is 0 Å². The van der Waals surface area contributed by atoms with E-state index in [1.807, 2.05) is 0 Å². The number of aromatic nitrogens is 1. The van der Waals surface area contributed by atoms with Crippen LogP contribution in [0.1, 0.15) is 0 Å². The molecule has 0 aromatic carbocycles. The molecule has 0 radical (unpaired) electrons. The summed E-state index contributed by atoms with van der Waals surface area (Å²) in [5.74, 6) is -0.199. The van der Waals surface area contributed by atoms with Crippen molar-refractivity contribution in [2.75, 3.05) is 7.11 Å². The third kappa shape index (κ3) is 7.59. The topological polar surface area (TPSA) is 70.3 Å². The van der Waals surface area contributed by atoms with Gasteiger partial charge in [-0.15, -0.1) is 0 Å². The molecule has 0 unspecified atom stereocenters. The van der Waals surface area contributed by atoms with Crippen LogP contribution in [0, 0.1) is 5.82 Å². The normalized spacial score (nSPS) is 10.3. The van der Waals surface area contributed by atoms with Crippen LogP contribution in [0.2, 0.25) is 0 Å². The Bertz CT molecular complexity index is 362. The zero-order chi connectivity index (χ0) is 11.2. The molecule has 0 bridgehead atoms. The maximum absolute atomic E-state index is 12.1. The van der Waals surface area contributed by atoms with E-state index in [4.69, 9.17) is 0 Å². The van der Waals surface area contributed by atoms with Crippen LogP contribution in [0.5, 0.6) is 0 Å². The third-order valence-electron chi connectivity index (χ3n) is 1.11. The van der Waals surface area contributed by atoms with Gasteiger partial charge in [-0.1, -0.05) is 0 Å². The predicted octanol–water partition coefficient (Wildman–Crippen LogP) is -0.257. The van der Waals surface area contributed by atoms with Gasteiger partial charge in [-0.05, 0) is 6.07 Å². The van der Waals surface area contributed by atoms with E-state index in [2.05, 4.69) is 4.18 Å². The summed E-state index contributed by atoms with van der Waals surface area (Å²) in [7, 11) is -1.82. The summed E-state index contributed by atoms with van der Waals surface area (Å²) in [6, 6.07) is 3.08. The molecule has 0 aliphatic rings. The lowest BCUT2D eigenvalue weighted by Crippen LogP contribution is -2.26. The zero-order valence-corrected chi connectivity index (χ0v) is 8.49. The number of nitrogens with zero attached hydrogens (tertiary/aromatic N) is 1. The highest BCUT2D eigenvalue weighted by molar-refractivity contribution is 7.80. The lowest BCUT2D eigenvalue weighted by molar-refractivity contribution is -0.673. The first kappa shape index (κ1) is 12.9. The summed E-state index contributed by atoms with van der Waals surface area (Å²) < 4.78 is 44.8. The standard InChI is InChI=1S/C6H7FN.CH4O4S/c1-8-4-2-3-6(7)5-8;1-5-6(2,3)4/h2-5H,1H3;1H3,(H,2,3,4)/q+1;/p-1. The van der Waals surface area contributed by atoms with Crippen molar-refractivity contribution in [1.82, 2.24) is 0 Å². The van der Waals surface area contributed by atoms with Crippen LogP contribution >= 0.6 is 0 Å². The average molecular weight is 223 g/mol. The highest BCUT2D eigenvalue weighted by Crippen LogP contribution is 1.86. The summed E-state index contributed by atoms with van der Waals surface area (Å²) in [6.07, 6.45) is 3.20. The molecule has 7 heteroatoms. The van der Waals surface area contributed by atoms with Crippen LogP contribution in [-0.4, -0.2) is 20.1 Å². The molecule has 0 saturated heterocycles. The van der Waals surface area contributed by atoms with Crippen molar-refractivity contribution in [1.29, 1.82) is 0 Å². The van der Waals surface area contributed by atoms with Gasteiger partial charge in [0.1, 0.15) is 7.05 Å². The van der Waals surface area contributed by atoms with Crippen LogP contribution in [0.15, 0.2) is 24.5 Å². The molecule has 0 N–H and O–H groups in total. The maximum Gasteiger partial charge on any atom is 0.217 e. The highest BCUT2D eigenvalue weighted by Gasteiger charge is 1.91. The molecule has 1 heterocycles. The molecule has 0 fully saturated rings. The Hall–Kier alpha value is -1.05. The SMILES string of the molecule is COS(=O)(=O)[O-].C[n+]1cccc(F)c1. The second kappa shape index (κ2) is 5.63. The van der Waals surface area contributed by atoms with Gasteiger partial charge < -0.3 is 4.55 Å². The lowest BCUT2D eigenvalue weighted by Gasteiger charge is -1.98. The summed E-state index contributed by atoms with van der Waals surface area (Å²) in [5, 5.41) is 0. The van der Waals surface area contributed by atoms with E-state index < -0.39 is 10.4 Å². The molecule has 0 spiro atoms. The van der Waals surface area contributed by atoms with Crippen molar-refractivity contribution in [3.63, 3.8) is 0 Å². The Morgan fingerprint density at radius 3 is 2.29 bits per heavy atom. The van der Waals surface area contributed by atoms with Gasteiger partial charge in [0.15, 0.2) is 12.0 Å². The van der Waals surface area contributed by atoms with Gasteiger partial charge in [0, 0.05) is 6.07 Å². The average Bonchev–Trinajstić information content (AvgIpc) is 2.03. The molecule has 0 saturated carbocycles. The highest BCUT2D eigenvalue weighted by atomic mass is 32.3. The Morgan fingerprint density at radius 2 is 2.07 bits per heavy atom. The fourth-order valence-corrected chi connectivity index (χ4v) is 0.551. The van der Waals surface area contributed by atoms with Crippen LogP contribution in [0.4, 0.5) is 4.39 Å². The zero-order valence-electron chi connectivity index (χ0n) is 7.68. The number of rotatable bonds is 1. The number of hydrogen-bond donors (Lipinski definition) is 0. The minimum atomic E-state index is -4.41. The van der Waals surface area contributed by atoms with Crippen LogP contribution in [0.3, 0.4) is 0 Å². The Labute approximate surface area is 81.7 Å². The molecular formula is C7H10FNO4S. The monoisotopic (exact) mass is 223 g/mol. The first-order valence-electron chi connectivity index (χ1n) is 3.47. The van der Waals surface area contributed by atoms with E-state index in [-0.39, 0.29) is 5.82 Å². The smallest absolute Gasteiger partial charge is 0.217 e. The number of aryl methyl sites for hydroxylation is 1. The second-order valence-corrected chi connectivity index (χ2v) is 3.41. The van der Waals surface area contributed by atoms with Crippen molar-refractivity contribution in [3.05, 3.63) is 30.3 Å². The van der Waals surface area contributed by atoms with Gasteiger partial charge in [0.25, 0.3) is 0 Å². The minimum absolute atomic E-state index is 0.199. The van der Waals surface area contributed by atoms with Gasteiger partial charge in [0.2, 0.25) is 16.6 Å². The van der Waals surface area contributed by atoms with Gasteiger partial charge >= 0.3 is 0 Å². The third-order valence-corrected chi connectivity index (χ3v) is 1.52. The summed E-state index contributed by atoms with van der Waals surface area (Å²) in [4.78, 5) is 0. The number of pyridine rings is 1. The Morgan fingerprint density at radius 1 is 1.57 bits per heavy atom. The first-order chi connectivity index (χ1) is 6.35. The van der Waals surface area contributed by atoms with Crippen molar-refractivity contribution in [2.45, 2.75) is 0 Å². The van der Waals surface area contributed by atoms with Crippen LogP contribution in [-0.2, 0) is 21.6 Å². The number of halogens is 1. The van der Waals surface area contributed by atoms with Gasteiger partial charge in [0.05, 0.1) is 7.11 Å². The molecule has 1 rings (SSSR count). The van der Waals surface area contributed by atoms with E-state index in [0.717, 1.165) is 7.11 Å². The molecule has 1 aromatic rings. The predicted molar refractivity (Wildman–Crippen MR) is 44.3 cm³/mol. The molecule has 1 aromatic heterocycles. The van der Waals surface area contributed by atoms with E-state index in [9.17, 15) is 17.4 Å². The largest absolute Gasteiger partial charge is 0.726 e. The van der Waals surface area contributed by atoms with Crippen molar-refractivity contribution in [3.8, 4) is 0 Å². The molecule has 0 aliphatic carbocycles. The van der Waals surface area contributed by atoms with Crippen molar-refractivity contribution < 1.29 is 26.1 Å². The molecule has 0 amide bonds. The van der Waals surface area contributed by atoms with E-state index >= 15 is 0 Å². The fourth-order valence-electron chi connectivity index (χ4n) is 0.551. The summed E-state index contributed by atoms with van der Waals surface area (Å²) in [6.45, 7) is 0.